The number of hydrogen-bond donors (Lipinski definition) is 0. The number of nitrogens with zero attached hydrogens (tertiary/aromatic N) is 3. The number of benzene rings is 3. The van der Waals surface area contributed by atoms with Crippen LogP contribution in [0.3, 0.4) is 0 Å². The molecule has 216 valence electrons. The van der Waals surface area contributed by atoms with Gasteiger partial charge in [0.1, 0.15) is 16.1 Å². The van der Waals surface area contributed by atoms with Gasteiger partial charge in [0.2, 0.25) is 5.69 Å². The number of allylic oxidation sites excluding steroid dienone is 2. The van der Waals surface area contributed by atoms with E-state index in [-0.39, 0.29) is 5.56 Å². The summed E-state index contributed by atoms with van der Waals surface area (Å²) in [6.07, 6.45) is 8.01. The second-order valence-corrected chi connectivity index (χ2v) is 13.6. The van der Waals surface area contributed by atoms with E-state index in [2.05, 4.69) is 129 Å². The molecule has 43 heavy (non-hydrogen) atoms. The van der Waals surface area contributed by atoms with Crippen LogP contribution in [0.2, 0.25) is 0 Å². The number of thioether (sulfide) groups is 1. The molecule has 0 saturated carbocycles. The summed E-state index contributed by atoms with van der Waals surface area (Å²) in [5, 5.41) is 2.21. The van der Waals surface area contributed by atoms with Crippen molar-refractivity contribution in [2.24, 2.45) is 0 Å². The van der Waals surface area contributed by atoms with Gasteiger partial charge >= 0.3 is 0 Å². The van der Waals surface area contributed by atoms with Crippen molar-refractivity contribution in [3.05, 3.63) is 132 Å². The first kappa shape index (κ1) is 29.2. The van der Waals surface area contributed by atoms with Gasteiger partial charge in [-0.1, -0.05) is 77.7 Å². The molecule has 0 atom stereocenters. The number of anilines is 1. The summed E-state index contributed by atoms with van der Waals surface area (Å²) in [5.41, 5.74) is 7.36. The molecule has 4 nitrogen and oxygen atoms in total. The highest BCUT2D eigenvalue weighted by atomic mass is 32.2. The van der Waals surface area contributed by atoms with Crippen molar-refractivity contribution >= 4 is 52.3 Å². The van der Waals surface area contributed by atoms with Gasteiger partial charge in [0.25, 0.3) is 10.6 Å². The summed E-state index contributed by atoms with van der Waals surface area (Å²) in [7, 11) is 2.09. The smallest absolute Gasteiger partial charge is 0.269 e. The summed E-state index contributed by atoms with van der Waals surface area (Å²) >= 11 is 5.05. The van der Waals surface area contributed by atoms with Crippen LogP contribution in [0.1, 0.15) is 23.1 Å². The van der Waals surface area contributed by atoms with Crippen LogP contribution < -0.4 is 24.2 Å². The molecule has 0 bridgehead atoms. The van der Waals surface area contributed by atoms with Crippen molar-refractivity contribution in [2.75, 3.05) is 11.9 Å². The molecule has 7 heteroatoms. The van der Waals surface area contributed by atoms with E-state index in [0.717, 1.165) is 21.2 Å². The van der Waals surface area contributed by atoms with Crippen molar-refractivity contribution in [1.82, 2.24) is 4.57 Å². The van der Waals surface area contributed by atoms with Gasteiger partial charge in [-0.15, -0.1) is 17.9 Å². The fraction of sp³-hybridized carbons (Fsp3) is 0.167. The van der Waals surface area contributed by atoms with E-state index in [9.17, 15) is 4.79 Å². The van der Waals surface area contributed by atoms with Gasteiger partial charge in [-0.3, -0.25) is 9.36 Å². The predicted octanol–water partition coefficient (Wildman–Crippen LogP) is 7.11. The number of aromatic nitrogens is 2. The molecule has 0 radical (unpaired) electrons. The van der Waals surface area contributed by atoms with Crippen LogP contribution in [0.5, 0.6) is 0 Å². The van der Waals surface area contributed by atoms with Crippen molar-refractivity contribution < 1.29 is 4.57 Å². The normalized spacial score (nSPS) is 14.6. The van der Waals surface area contributed by atoms with E-state index in [4.69, 9.17) is 0 Å². The molecule has 6 rings (SSSR count). The second kappa shape index (κ2) is 12.4. The minimum atomic E-state index is 0.00835. The van der Waals surface area contributed by atoms with Gasteiger partial charge in [0.15, 0.2) is 0 Å². The van der Waals surface area contributed by atoms with Crippen LogP contribution in [0.15, 0.2) is 106 Å². The SMILES string of the molecule is C=CCn1c(=Cc2sc(-c3ccccc3)c(-c3ccccc3)[n+]2CC)sc(=CC=C2Sc3cc(C)c(C)cc3N2C)c1=O. The molecule has 3 heterocycles. The van der Waals surface area contributed by atoms with E-state index in [1.807, 2.05) is 10.6 Å². The van der Waals surface area contributed by atoms with Gasteiger partial charge in [-0.2, -0.15) is 4.57 Å². The van der Waals surface area contributed by atoms with E-state index in [1.165, 1.54) is 54.7 Å². The zero-order valence-corrected chi connectivity index (χ0v) is 27.3. The molecule has 3 aromatic carbocycles. The van der Waals surface area contributed by atoms with Crippen LogP contribution in [-0.4, -0.2) is 11.6 Å². The van der Waals surface area contributed by atoms with E-state index in [0.29, 0.717) is 11.1 Å². The molecule has 0 amide bonds. The molecule has 0 saturated heterocycles. The van der Waals surface area contributed by atoms with Gasteiger partial charge in [-0.05, 0) is 73.9 Å². The highest BCUT2D eigenvalue weighted by Crippen LogP contribution is 2.46. The van der Waals surface area contributed by atoms with Crippen molar-refractivity contribution in [1.29, 1.82) is 0 Å². The number of thiazole rings is 2. The number of fused-ring (bicyclic) bond motifs is 1. The average Bonchev–Trinajstić information content (AvgIpc) is 3.64. The Kier molecular flexibility index (Phi) is 8.39. The maximum atomic E-state index is 13.7. The minimum Gasteiger partial charge on any atom is -0.338 e. The Bertz CT molecular complexity index is 2030. The first-order valence-corrected chi connectivity index (χ1v) is 16.8. The average molecular weight is 621 g/mol. The maximum Gasteiger partial charge on any atom is 0.269 e. The zero-order valence-electron chi connectivity index (χ0n) is 24.8. The van der Waals surface area contributed by atoms with E-state index < -0.39 is 0 Å². The Labute approximate surface area is 264 Å². The first-order valence-electron chi connectivity index (χ1n) is 14.3. The molecule has 1 aliphatic rings. The van der Waals surface area contributed by atoms with Gasteiger partial charge in [0.05, 0.1) is 21.3 Å². The minimum absolute atomic E-state index is 0.00835. The Morgan fingerprint density at radius 2 is 1.58 bits per heavy atom. The Morgan fingerprint density at radius 3 is 2.26 bits per heavy atom. The fourth-order valence-electron chi connectivity index (χ4n) is 5.31. The molecule has 0 spiro atoms. The van der Waals surface area contributed by atoms with Crippen LogP contribution in [0, 0.1) is 13.8 Å². The third kappa shape index (κ3) is 5.60. The fourth-order valence-corrected chi connectivity index (χ4v) is 8.80. The zero-order chi connectivity index (χ0) is 30.1. The predicted molar refractivity (Wildman–Crippen MR) is 185 cm³/mol. The highest BCUT2D eigenvalue weighted by molar-refractivity contribution is 8.03. The summed E-state index contributed by atoms with van der Waals surface area (Å²) in [6, 6.07) is 25.6. The lowest BCUT2D eigenvalue weighted by atomic mass is 10.1. The molecule has 0 aliphatic carbocycles. The summed E-state index contributed by atoms with van der Waals surface area (Å²) in [6.45, 7) is 11.7. The van der Waals surface area contributed by atoms with Crippen LogP contribution in [0.4, 0.5) is 5.69 Å². The lowest BCUT2D eigenvalue weighted by Gasteiger charge is -2.13. The molecular weight excluding hydrogens is 587 g/mol. The van der Waals surface area contributed by atoms with Crippen LogP contribution in [-0.2, 0) is 13.1 Å². The Morgan fingerprint density at radius 1 is 0.907 bits per heavy atom. The number of hydrogen-bond acceptors (Lipinski definition) is 5. The van der Waals surface area contributed by atoms with Crippen molar-refractivity contribution in [3.8, 4) is 21.7 Å². The summed E-state index contributed by atoms with van der Waals surface area (Å²) in [5.74, 6) is 0. The lowest BCUT2D eigenvalue weighted by molar-refractivity contribution is -0.679. The Balaban J connectivity index is 1.49. The van der Waals surface area contributed by atoms with Crippen molar-refractivity contribution in [3.63, 3.8) is 0 Å². The van der Waals surface area contributed by atoms with Crippen molar-refractivity contribution in [2.45, 2.75) is 38.8 Å². The van der Waals surface area contributed by atoms with Gasteiger partial charge in [-0.25, -0.2) is 0 Å². The van der Waals surface area contributed by atoms with E-state index >= 15 is 0 Å². The molecule has 2 aromatic heterocycles. The molecule has 0 unspecified atom stereocenters. The molecule has 0 fully saturated rings. The quantitative estimate of drug-likeness (QED) is 0.144. The number of rotatable bonds is 7. The van der Waals surface area contributed by atoms with Gasteiger partial charge in [0, 0.05) is 24.1 Å². The molecular formula is C36H34N3OS3+. The third-order valence-corrected chi connectivity index (χ3v) is 11.1. The standard InChI is InChI=1S/C36H34N3OS3/c1-6-20-39-33(41-29(36(39)40)18-19-31-37(5)28-21-24(3)25(4)22-30(28)42-31)23-32-38(7-2)34(26-14-10-8-11-15-26)35(43-32)27-16-12-9-13-17-27/h6,8-19,21-23H,1,7,20H2,2-5H3/q+1. The Hall–Kier alpha value is -3.91. The topological polar surface area (TPSA) is 29.1 Å². The second-order valence-electron chi connectivity index (χ2n) is 10.5. The summed E-state index contributed by atoms with van der Waals surface area (Å²) < 4.78 is 5.82. The largest absolute Gasteiger partial charge is 0.338 e. The molecule has 5 aromatic rings. The summed E-state index contributed by atoms with van der Waals surface area (Å²) in [4.78, 5) is 18.3. The van der Waals surface area contributed by atoms with E-state index in [1.54, 1.807) is 29.2 Å². The molecule has 1 aliphatic heterocycles. The molecule has 0 N–H and O–H groups in total. The number of aryl methyl sites for hydroxylation is 2. The van der Waals surface area contributed by atoms with Crippen LogP contribution in [0.25, 0.3) is 33.9 Å². The maximum absolute atomic E-state index is 13.7. The lowest BCUT2D eigenvalue weighted by Crippen LogP contribution is -2.37. The first-order chi connectivity index (χ1) is 20.9. The monoisotopic (exact) mass is 620 g/mol. The third-order valence-electron chi connectivity index (χ3n) is 7.71. The highest BCUT2D eigenvalue weighted by Gasteiger charge is 2.27. The van der Waals surface area contributed by atoms with Gasteiger partial charge < -0.3 is 4.90 Å². The van der Waals surface area contributed by atoms with Crippen LogP contribution >= 0.6 is 34.4 Å².